The number of methoxy groups -OCH3 is 1. The first kappa shape index (κ1) is 15.0. The van der Waals surface area contributed by atoms with Gasteiger partial charge in [-0.05, 0) is 19.4 Å². The molecule has 0 saturated carbocycles. The van der Waals surface area contributed by atoms with Crippen molar-refractivity contribution in [2.24, 2.45) is 0 Å². The van der Waals surface area contributed by atoms with Crippen LogP contribution in [0.3, 0.4) is 0 Å². The van der Waals surface area contributed by atoms with E-state index in [-0.39, 0.29) is 17.7 Å². The number of aromatic amines is 1. The monoisotopic (exact) mass is 323 g/mol. The molecule has 2 aromatic heterocycles. The van der Waals surface area contributed by atoms with Crippen molar-refractivity contribution in [3.8, 4) is 0 Å². The van der Waals surface area contributed by atoms with Gasteiger partial charge in [-0.25, -0.2) is 0 Å². The summed E-state index contributed by atoms with van der Waals surface area (Å²) in [5, 5.41) is 3.62. The summed E-state index contributed by atoms with van der Waals surface area (Å²) in [6.07, 6.45) is 0.690. The Labute approximate surface area is 140 Å². The van der Waals surface area contributed by atoms with E-state index in [1.54, 1.807) is 17.6 Å². The van der Waals surface area contributed by atoms with Crippen molar-refractivity contribution in [3.05, 3.63) is 69.3 Å². The lowest BCUT2D eigenvalue weighted by Crippen LogP contribution is -2.26. The molecule has 3 aromatic rings. The van der Waals surface area contributed by atoms with Crippen molar-refractivity contribution >= 4 is 11.3 Å². The maximum atomic E-state index is 12.6. The van der Waals surface area contributed by atoms with E-state index in [0.29, 0.717) is 0 Å². The molecule has 0 saturated heterocycles. The minimum absolute atomic E-state index is 0.0207. The van der Waals surface area contributed by atoms with Crippen LogP contribution >= 0.6 is 0 Å². The summed E-state index contributed by atoms with van der Waals surface area (Å²) >= 11 is 0. The van der Waals surface area contributed by atoms with Crippen LogP contribution in [0.5, 0.6) is 0 Å². The molecule has 4 rings (SSSR count). The molecule has 0 unspecified atom stereocenters. The van der Waals surface area contributed by atoms with E-state index < -0.39 is 0 Å². The normalized spacial score (nSPS) is 20.0. The van der Waals surface area contributed by atoms with E-state index >= 15 is 0 Å². The predicted molar refractivity (Wildman–Crippen MR) is 94.7 cm³/mol. The Kier molecular flexibility index (Phi) is 3.46. The minimum atomic E-state index is -0.104. The number of H-pyrrole nitrogens is 1. The van der Waals surface area contributed by atoms with Crippen LogP contribution < -0.4 is 10.9 Å². The van der Waals surface area contributed by atoms with Gasteiger partial charge in [0.15, 0.2) is 0 Å². The number of nitrogens with zero attached hydrogens (tertiary/aromatic N) is 1. The highest BCUT2D eigenvalue weighted by atomic mass is 16.5. The van der Waals surface area contributed by atoms with E-state index in [1.165, 1.54) is 5.56 Å². The Bertz CT molecular complexity index is 956. The standard InChI is InChI=1S/C19H21N3O2/c1-11-12(2)22-17(23)9-14-16(24-3)10-15(13-7-5-4-6-8-13)21-18(14)19(22)20-11/h4-9,15-16,20-21H,10H2,1-3H3/t15-,16+/m1/s1. The molecule has 0 spiro atoms. The number of fused-ring (bicyclic) bond motifs is 3. The highest BCUT2D eigenvalue weighted by Crippen LogP contribution is 2.41. The Hall–Kier alpha value is -2.53. The molecule has 0 amide bonds. The Morgan fingerprint density at radius 1 is 1.21 bits per heavy atom. The molecule has 1 aliphatic heterocycles. The van der Waals surface area contributed by atoms with Crippen molar-refractivity contribution in [2.45, 2.75) is 32.4 Å². The van der Waals surface area contributed by atoms with Crippen LogP contribution in [0.1, 0.15) is 41.1 Å². The van der Waals surface area contributed by atoms with Gasteiger partial charge in [0, 0.05) is 36.5 Å². The largest absolute Gasteiger partial charge is 0.377 e. The van der Waals surface area contributed by atoms with Gasteiger partial charge in [-0.2, -0.15) is 0 Å². The summed E-state index contributed by atoms with van der Waals surface area (Å²) in [7, 11) is 1.70. The fraction of sp³-hybridized carbons (Fsp3) is 0.316. The molecule has 1 aliphatic rings. The SMILES string of the molecule is CO[C@H]1C[C@H](c2ccccc2)Nc2c1cc(=O)n1c(C)c(C)[nH]c21. The average Bonchev–Trinajstić information content (AvgIpc) is 2.91. The van der Waals surface area contributed by atoms with Gasteiger partial charge < -0.3 is 15.0 Å². The summed E-state index contributed by atoms with van der Waals surface area (Å²) in [4.78, 5) is 15.9. The molecular weight excluding hydrogens is 302 g/mol. The van der Waals surface area contributed by atoms with Gasteiger partial charge in [-0.1, -0.05) is 30.3 Å². The molecule has 0 aliphatic carbocycles. The van der Waals surface area contributed by atoms with Gasteiger partial charge in [-0.3, -0.25) is 9.20 Å². The van der Waals surface area contributed by atoms with Crippen LogP contribution in [0, 0.1) is 13.8 Å². The molecule has 0 radical (unpaired) electrons. The average molecular weight is 323 g/mol. The van der Waals surface area contributed by atoms with Crippen LogP contribution in [0.4, 0.5) is 5.69 Å². The molecule has 0 bridgehead atoms. The summed E-state index contributed by atoms with van der Waals surface area (Å²) in [5.74, 6) is 0. The fourth-order valence-corrected chi connectivity index (χ4v) is 3.62. The number of aromatic nitrogens is 2. The van der Waals surface area contributed by atoms with Crippen molar-refractivity contribution in [2.75, 3.05) is 12.4 Å². The molecule has 5 heteroatoms. The zero-order valence-corrected chi connectivity index (χ0v) is 14.1. The number of nitrogens with one attached hydrogen (secondary N) is 2. The number of hydrogen-bond acceptors (Lipinski definition) is 3. The summed E-state index contributed by atoms with van der Waals surface area (Å²) in [6.45, 7) is 3.94. The Morgan fingerprint density at radius 2 is 1.96 bits per heavy atom. The summed E-state index contributed by atoms with van der Waals surface area (Å²) in [6, 6.07) is 12.2. The maximum Gasteiger partial charge on any atom is 0.256 e. The second-order valence-electron chi connectivity index (χ2n) is 6.40. The van der Waals surface area contributed by atoms with Crippen molar-refractivity contribution < 1.29 is 4.74 Å². The summed E-state index contributed by atoms with van der Waals surface area (Å²) < 4.78 is 7.45. The number of pyridine rings is 1. The molecular formula is C19H21N3O2. The molecule has 0 fully saturated rings. The van der Waals surface area contributed by atoms with E-state index in [4.69, 9.17) is 4.74 Å². The van der Waals surface area contributed by atoms with Crippen LogP contribution in [0.25, 0.3) is 5.65 Å². The number of rotatable bonds is 2. The first-order valence-corrected chi connectivity index (χ1v) is 8.19. The third kappa shape index (κ3) is 2.16. The first-order chi connectivity index (χ1) is 11.6. The number of ether oxygens (including phenoxy) is 1. The van der Waals surface area contributed by atoms with E-state index in [2.05, 4.69) is 22.4 Å². The lowest BCUT2D eigenvalue weighted by molar-refractivity contribution is 0.0878. The van der Waals surface area contributed by atoms with Gasteiger partial charge in [0.1, 0.15) is 5.65 Å². The number of imidazole rings is 1. The molecule has 3 heterocycles. The van der Waals surface area contributed by atoms with Gasteiger partial charge in [-0.15, -0.1) is 0 Å². The van der Waals surface area contributed by atoms with E-state index in [0.717, 1.165) is 34.7 Å². The second-order valence-corrected chi connectivity index (χ2v) is 6.40. The number of hydrogen-bond donors (Lipinski definition) is 2. The Balaban J connectivity index is 1.93. The number of anilines is 1. The van der Waals surface area contributed by atoms with E-state index in [9.17, 15) is 4.79 Å². The van der Waals surface area contributed by atoms with Gasteiger partial charge in [0.25, 0.3) is 5.56 Å². The smallest absolute Gasteiger partial charge is 0.256 e. The quantitative estimate of drug-likeness (QED) is 0.759. The third-order valence-electron chi connectivity index (χ3n) is 5.03. The zero-order chi connectivity index (χ0) is 16.8. The zero-order valence-electron chi connectivity index (χ0n) is 14.1. The van der Waals surface area contributed by atoms with Crippen molar-refractivity contribution in [1.82, 2.24) is 9.38 Å². The number of aryl methyl sites for hydroxylation is 2. The minimum Gasteiger partial charge on any atom is -0.377 e. The van der Waals surface area contributed by atoms with Gasteiger partial charge >= 0.3 is 0 Å². The highest BCUT2D eigenvalue weighted by Gasteiger charge is 2.30. The molecule has 24 heavy (non-hydrogen) atoms. The second kappa shape index (κ2) is 5.53. The highest BCUT2D eigenvalue weighted by molar-refractivity contribution is 5.75. The van der Waals surface area contributed by atoms with Gasteiger partial charge in [0.05, 0.1) is 17.8 Å². The van der Waals surface area contributed by atoms with Crippen LogP contribution in [-0.4, -0.2) is 16.5 Å². The Morgan fingerprint density at radius 3 is 2.67 bits per heavy atom. The topological polar surface area (TPSA) is 58.5 Å². The van der Waals surface area contributed by atoms with Crippen LogP contribution in [0.2, 0.25) is 0 Å². The first-order valence-electron chi connectivity index (χ1n) is 8.19. The van der Waals surface area contributed by atoms with Crippen molar-refractivity contribution in [1.29, 1.82) is 0 Å². The summed E-state index contributed by atoms with van der Waals surface area (Å²) in [5.41, 5.74) is 5.83. The van der Waals surface area contributed by atoms with Crippen LogP contribution in [-0.2, 0) is 4.74 Å². The van der Waals surface area contributed by atoms with Crippen molar-refractivity contribution in [3.63, 3.8) is 0 Å². The molecule has 124 valence electrons. The van der Waals surface area contributed by atoms with E-state index in [1.807, 2.05) is 32.0 Å². The third-order valence-corrected chi connectivity index (χ3v) is 5.03. The maximum absolute atomic E-state index is 12.6. The number of benzene rings is 1. The fourth-order valence-electron chi connectivity index (χ4n) is 3.62. The molecule has 5 nitrogen and oxygen atoms in total. The lowest BCUT2D eigenvalue weighted by atomic mass is 9.91. The van der Waals surface area contributed by atoms with Crippen LogP contribution in [0.15, 0.2) is 41.2 Å². The predicted octanol–water partition coefficient (Wildman–Crippen LogP) is 3.49. The van der Waals surface area contributed by atoms with Gasteiger partial charge in [0.2, 0.25) is 0 Å². The molecule has 1 aromatic carbocycles. The molecule has 2 atom stereocenters. The molecule has 2 N–H and O–H groups in total. The lowest BCUT2D eigenvalue weighted by Gasteiger charge is -2.32.